The van der Waals surface area contributed by atoms with Crippen molar-refractivity contribution in [1.82, 2.24) is 0 Å². The lowest BCUT2D eigenvalue weighted by Crippen LogP contribution is -2.34. The molecule has 0 aromatic heterocycles. The van der Waals surface area contributed by atoms with Crippen LogP contribution >= 0.6 is 0 Å². The molecule has 1 N–H and O–H groups in total. The summed E-state index contributed by atoms with van der Waals surface area (Å²) in [7, 11) is 0. The van der Waals surface area contributed by atoms with E-state index in [1.54, 1.807) is 24.3 Å². The van der Waals surface area contributed by atoms with E-state index in [-0.39, 0.29) is 29.6 Å². The summed E-state index contributed by atoms with van der Waals surface area (Å²) in [5, 5.41) is 2.96. The van der Waals surface area contributed by atoms with Crippen LogP contribution in [0, 0.1) is 23.7 Å². The number of fused-ring (bicyclic) bond motifs is 5. The van der Waals surface area contributed by atoms with Crippen LogP contribution in [0.25, 0.3) is 0 Å². The largest absolute Gasteiger partial charge is 0.322 e. The molecule has 2 saturated carbocycles. The topological polar surface area (TPSA) is 66.5 Å². The number of hydrogen-bond donors (Lipinski definition) is 1. The first kappa shape index (κ1) is 18.1. The van der Waals surface area contributed by atoms with E-state index in [0.717, 1.165) is 36.9 Å². The fourth-order valence-electron chi connectivity index (χ4n) is 5.65. The van der Waals surface area contributed by atoms with Crippen LogP contribution in [0.15, 0.2) is 48.5 Å². The molecule has 5 rings (SSSR count). The number of hydrogen-bond acceptors (Lipinski definition) is 3. The van der Waals surface area contributed by atoms with E-state index in [4.69, 9.17) is 0 Å². The molecule has 2 aromatic rings. The third-order valence-electron chi connectivity index (χ3n) is 6.96. The summed E-state index contributed by atoms with van der Waals surface area (Å²) in [5.41, 5.74) is 2.55. The van der Waals surface area contributed by atoms with Gasteiger partial charge in [0.2, 0.25) is 11.8 Å². The minimum atomic E-state index is -0.304. The predicted octanol–water partition coefficient (Wildman–Crippen LogP) is 4.04. The molecule has 0 unspecified atom stereocenters. The zero-order valence-corrected chi connectivity index (χ0v) is 16.4. The van der Waals surface area contributed by atoms with Crippen molar-refractivity contribution in [3.8, 4) is 0 Å². The molecular formula is C24H24N2O3. The van der Waals surface area contributed by atoms with Crippen LogP contribution in [0.2, 0.25) is 0 Å². The second kappa shape index (κ2) is 6.83. The SMILES string of the molecule is CCc1ccccc1NC(=O)c1ccccc1N1C(=O)[C@H]2[C@H]3CC[C@@H](C3)[C@@H]2C1=O. The summed E-state index contributed by atoms with van der Waals surface area (Å²) < 4.78 is 0. The monoisotopic (exact) mass is 388 g/mol. The number of benzene rings is 2. The first-order chi connectivity index (χ1) is 14.1. The third kappa shape index (κ3) is 2.71. The van der Waals surface area contributed by atoms with Crippen molar-refractivity contribution < 1.29 is 14.4 Å². The van der Waals surface area contributed by atoms with Crippen LogP contribution in [0.3, 0.4) is 0 Å². The molecule has 3 aliphatic rings. The van der Waals surface area contributed by atoms with Gasteiger partial charge in [0.05, 0.1) is 23.1 Å². The van der Waals surface area contributed by atoms with Crippen LogP contribution in [0.4, 0.5) is 11.4 Å². The average Bonchev–Trinajstić information content (AvgIpc) is 3.42. The average molecular weight is 388 g/mol. The van der Waals surface area contributed by atoms with Crippen LogP contribution < -0.4 is 10.2 Å². The van der Waals surface area contributed by atoms with E-state index in [9.17, 15) is 14.4 Å². The normalized spacial score (nSPS) is 27.4. The maximum absolute atomic E-state index is 13.2. The van der Waals surface area contributed by atoms with Gasteiger partial charge in [0.25, 0.3) is 5.91 Å². The zero-order chi connectivity index (χ0) is 20.1. The number of carbonyl (C=O) groups is 3. The smallest absolute Gasteiger partial charge is 0.257 e. The Morgan fingerprint density at radius 3 is 2.28 bits per heavy atom. The van der Waals surface area contributed by atoms with Gasteiger partial charge in [-0.15, -0.1) is 0 Å². The molecule has 2 aliphatic carbocycles. The molecule has 148 valence electrons. The second-order valence-corrected chi connectivity index (χ2v) is 8.38. The second-order valence-electron chi connectivity index (χ2n) is 8.38. The fourth-order valence-corrected chi connectivity index (χ4v) is 5.65. The quantitative estimate of drug-likeness (QED) is 0.804. The number of nitrogens with zero attached hydrogens (tertiary/aromatic N) is 1. The summed E-state index contributed by atoms with van der Waals surface area (Å²) in [6.45, 7) is 2.04. The Bertz CT molecular complexity index is 987. The highest BCUT2D eigenvalue weighted by Crippen LogP contribution is 2.56. The van der Waals surface area contributed by atoms with E-state index in [2.05, 4.69) is 5.32 Å². The van der Waals surface area contributed by atoms with Gasteiger partial charge in [0.15, 0.2) is 0 Å². The maximum atomic E-state index is 13.2. The summed E-state index contributed by atoms with van der Waals surface area (Å²) in [4.78, 5) is 40.8. The van der Waals surface area contributed by atoms with Crippen LogP contribution in [-0.4, -0.2) is 17.7 Å². The predicted molar refractivity (Wildman–Crippen MR) is 111 cm³/mol. The molecule has 2 bridgehead atoms. The van der Waals surface area contributed by atoms with Crippen LogP contribution in [-0.2, 0) is 16.0 Å². The highest BCUT2D eigenvalue weighted by Gasteiger charge is 2.61. The molecule has 3 amide bonds. The Kier molecular flexibility index (Phi) is 4.26. The Morgan fingerprint density at radius 2 is 1.59 bits per heavy atom. The Labute approximate surface area is 170 Å². The first-order valence-corrected chi connectivity index (χ1v) is 10.5. The van der Waals surface area contributed by atoms with E-state index >= 15 is 0 Å². The van der Waals surface area contributed by atoms with E-state index < -0.39 is 0 Å². The Hall–Kier alpha value is -2.95. The summed E-state index contributed by atoms with van der Waals surface area (Å²) in [6, 6.07) is 14.6. The van der Waals surface area contributed by atoms with Gasteiger partial charge in [-0.1, -0.05) is 37.3 Å². The highest BCUT2D eigenvalue weighted by atomic mass is 16.2. The van der Waals surface area contributed by atoms with Gasteiger partial charge in [-0.2, -0.15) is 0 Å². The standard InChI is InChI=1S/C24H24N2O3/c1-2-14-7-3-5-9-18(14)25-22(27)17-8-4-6-10-19(17)26-23(28)20-15-11-12-16(13-15)21(20)24(26)29/h3-10,15-16,20-21H,2,11-13H2,1H3,(H,25,27)/t15-,16-,20-,21-/m0/s1. The number of para-hydroxylation sites is 2. The molecule has 1 heterocycles. The lowest BCUT2D eigenvalue weighted by molar-refractivity contribution is -0.123. The van der Waals surface area contributed by atoms with E-state index in [1.165, 1.54) is 4.90 Å². The van der Waals surface area contributed by atoms with Gasteiger partial charge in [-0.3, -0.25) is 14.4 Å². The zero-order valence-electron chi connectivity index (χ0n) is 16.4. The lowest BCUT2D eigenvalue weighted by atomic mass is 9.81. The highest BCUT2D eigenvalue weighted by molar-refractivity contribution is 6.25. The van der Waals surface area contributed by atoms with Crippen molar-refractivity contribution in [2.24, 2.45) is 23.7 Å². The van der Waals surface area contributed by atoms with Gasteiger partial charge in [-0.25, -0.2) is 4.90 Å². The van der Waals surface area contributed by atoms with Gasteiger partial charge < -0.3 is 5.32 Å². The molecule has 3 fully saturated rings. The van der Waals surface area contributed by atoms with E-state index in [0.29, 0.717) is 23.1 Å². The molecule has 0 spiro atoms. The minimum absolute atomic E-state index is 0.124. The minimum Gasteiger partial charge on any atom is -0.322 e. The van der Waals surface area contributed by atoms with Crippen molar-refractivity contribution in [1.29, 1.82) is 0 Å². The molecule has 2 aromatic carbocycles. The number of amides is 3. The van der Waals surface area contributed by atoms with E-state index in [1.807, 2.05) is 31.2 Å². The van der Waals surface area contributed by atoms with Gasteiger partial charge in [0, 0.05) is 5.69 Å². The number of carbonyl (C=O) groups excluding carboxylic acids is 3. The molecular weight excluding hydrogens is 364 g/mol. The third-order valence-corrected chi connectivity index (χ3v) is 6.96. The molecule has 0 radical (unpaired) electrons. The van der Waals surface area contributed by atoms with Gasteiger partial charge >= 0.3 is 0 Å². The maximum Gasteiger partial charge on any atom is 0.257 e. The molecule has 1 saturated heterocycles. The summed E-state index contributed by atoms with van der Waals surface area (Å²) in [6.07, 6.45) is 3.87. The van der Waals surface area contributed by atoms with Gasteiger partial charge in [0.1, 0.15) is 0 Å². The van der Waals surface area contributed by atoms with Crippen molar-refractivity contribution in [3.63, 3.8) is 0 Å². The number of nitrogens with one attached hydrogen (secondary N) is 1. The lowest BCUT2D eigenvalue weighted by Gasteiger charge is -2.20. The van der Waals surface area contributed by atoms with Crippen LogP contribution in [0.5, 0.6) is 0 Å². The number of imide groups is 1. The molecule has 1 aliphatic heterocycles. The molecule has 5 heteroatoms. The van der Waals surface area contributed by atoms with Gasteiger partial charge in [-0.05, 0) is 61.3 Å². The Morgan fingerprint density at radius 1 is 0.966 bits per heavy atom. The number of aryl methyl sites for hydroxylation is 1. The Balaban J connectivity index is 1.48. The number of anilines is 2. The van der Waals surface area contributed by atoms with Crippen LogP contribution in [0.1, 0.15) is 42.1 Å². The molecule has 5 nitrogen and oxygen atoms in total. The number of rotatable bonds is 4. The summed E-state index contributed by atoms with van der Waals surface area (Å²) >= 11 is 0. The van der Waals surface area contributed by atoms with Crippen molar-refractivity contribution in [3.05, 3.63) is 59.7 Å². The first-order valence-electron chi connectivity index (χ1n) is 10.5. The van der Waals surface area contributed by atoms with Crippen molar-refractivity contribution in [2.75, 3.05) is 10.2 Å². The van der Waals surface area contributed by atoms with Crippen molar-refractivity contribution >= 4 is 29.1 Å². The molecule has 29 heavy (non-hydrogen) atoms. The van der Waals surface area contributed by atoms with Crippen molar-refractivity contribution in [2.45, 2.75) is 32.6 Å². The fraction of sp³-hybridized carbons (Fsp3) is 0.375. The molecule has 4 atom stereocenters. The summed E-state index contributed by atoms with van der Waals surface area (Å²) in [5.74, 6) is -0.297.